The van der Waals surface area contributed by atoms with Crippen molar-refractivity contribution in [3.05, 3.63) is 12.2 Å². The number of allylic oxidation sites excluding steroid dienone is 2. The van der Waals surface area contributed by atoms with Crippen LogP contribution in [-0.2, 0) is 14.3 Å². The molecule has 39 heavy (non-hydrogen) atoms. The second-order valence-corrected chi connectivity index (χ2v) is 11.7. The lowest BCUT2D eigenvalue weighted by Crippen LogP contribution is -2.18. The highest BCUT2D eigenvalue weighted by Gasteiger charge is 2.15. The fourth-order valence-electron chi connectivity index (χ4n) is 5.19. The van der Waals surface area contributed by atoms with Gasteiger partial charge in [0, 0.05) is 12.8 Å². The number of hydrogen-bond acceptors (Lipinski definition) is 3. The van der Waals surface area contributed by atoms with Gasteiger partial charge in [-0.25, -0.2) is 0 Å². The number of carbonyl (C=O) groups is 2. The van der Waals surface area contributed by atoms with E-state index in [1.807, 2.05) is 0 Å². The third kappa shape index (κ3) is 31.1. The van der Waals surface area contributed by atoms with Gasteiger partial charge in [-0.3, -0.25) is 9.59 Å². The van der Waals surface area contributed by atoms with Crippen LogP contribution in [0.3, 0.4) is 0 Å². The first-order chi connectivity index (χ1) is 19.1. The van der Waals surface area contributed by atoms with Gasteiger partial charge in [-0.15, -0.1) is 0 Å². The Bertz CT molecular complexity index is 557. The molecule has 1 unspecified atom stereocenters. The Morgan fingerprint density at radius 3 is 1.46 bits per heavy atom. The largest absolute Gasteiger partial charge is 0.481 e. The number of ether oxygens (including phenoxy) is 1. The summed E-state index contributed by atoms with van der Waals surface area (Å²) in [4.78, 5) is 23.3. The maximum absolute atomic E-state index is 12.4. The molecule has 4 heteroatoms. The molecule has 0 aliphatic heterocycles. The summed E-state index contributed by atoms with van der Waals surface area (Å²) in [7, 11) is 0. The van der Waals surface area contributed by atoms with E-state index < -0.39 is 5.97 Å². The van der Waals surface area contributed by atoms with E-state index >= 15 is 0 Å². The highest BCUT2D eigenvalue weighted by Crippen LogP contribution is 2.18. The van der Waals surface area contributed by atoms with Crippen LogP contribution in [0.2, 0.25) is 0 Å². The average Bonchev–Trinajstić information content (AvgIpc) is 2.91. The molecular weight excluding hydrogens is 484 g/mol. The lowest BCUT2D eigenvalue weighted by Gasteiger charge is -2.18. The minimum absolute atomic E-state index is 0.0949. The van der Waals surface area contributed by atoms with Crippen molar-refractivity contribution in [1.82, 2.24) is 0 Å². The summed E-state index contributed by atoms with van der Waals surface area (Å²) in [5.74, 6) is -0.865. The first-order valence-corrected chi connectivity index (χ1v) is 17.2. The van der Waals surface area contributed by atoms with Crippen LogP contribution < -0.4 is 0 Å². The molecule has 0 aromatic carbocycles. The third-order valence-corrected chi connectivity index (χ3v) is 7.74. The summed E-state index contributed by atoms with van der Waals surface area (Å²) in [6.45, 7) is 4.52. The van der Waals surface area contributed by atoms with Crippen molar-refractivity contribution in [3.8, 4) is 0 Å². The molecule has 0 fully saturated rings. The maximum Gasteiger partial charge on any atom is 0.306 e. The minimum atomic E-state index is -0.770. The third-order valence-electron chi connectivity index (χ3n) is 7.74. The van der Waals surface area contributed by atoms with Crippen LogP contribution in [0.1, 0.15) is 194 Å². The number of carbonyl (C=O) groups excluding carboxylic acids is 1. The fourth-order valence-corrected chi connectivity index (χ4v) is 5.19. The molecule has 0 amide bonds. The zero-order valence-electron chi connectivity index (χ0n) is 26.2. The van der Waals surface area contributed by atoms with Crippen molar-refractivity contribution in [2.45, 2.75) is 200 Å². The highest BCUT2D eigenvalue weighted by atomic mass is 16.5. The van der Waals surface area contributed by atoms with Gasteiger partial charge in [-0.2, -0.15) is 0 Å². The summed E-state index contributed by atoms with van der Waals surface area (Å²) < 4.78 is 5.80. The summed E-state index contributed by atoms with van der Waals surface area (Å²) in [6.07, 6.45) is 36.4. The van der Waals surface area contributed by atoms with Crippen molar-refractivity contribution >= 4 is 11.9 Å². The molecule has 0 aromatic rings. The molecule has 1 N–H and O–H groups in total. The Balaban J connectivity index is 3.84. The molecule has 1 atom stereocenters. The van der Waals surface area contributed by atoms with Gasteiger partial charge < -0.3 is 9.84 Å². The van der Waals surface area contributed by atoms with Crippen LogP contribution in [0.4, 0.5) is 0 Å². The van der Waals surface area contributed by atoms with Crippen LogP contribution in [-0.4, -0.2) is 23.1 Å². The van der Waals surface area contributed by atoms with Gasteiger partial charge >= 0.3 is 11.9 Å². The maximum atomic E-state index is 12.4. The van der Waals surface area contributed by atoms with E-state index in [1.54, 1.807) is 0 Å². The highest BCUT2D eigenvalue weighted by molar-refractivity contribution is 5.69. The summed E-state index contributed by atoms with van der Waals surface area (Å²) in [5.41, 5.74) is 0. The topological polar surface area (TPSA) is 63.6 Å². The van der Waals surface area contributed by atoms with Crippen LogP contribution >= 0.6 is 0 Å². The standard InChI is InChI=1S/C35H66O4/c1-3-5-7-9-11-13-15-16-17-19-21-23-25-27-32-35(38)39-33(30-28-31-34(36)37)29-26-24-22-20-18-14-12-10-8-6-4-2/h13,15,33H,3-12,14,16-32H2,1-2H3,(H,36,37)/b15-13-. The summed E-state index contributed by atoms with van der Waals surface area (Å²) in [5, 5.41) is 8.97. The lowest BCUT2D eigenvalue weighted by atomic mass is 10.0. The van der Waals surface area contributed by atoms with Crippen LogP contribution in [0, 0.1) is 0 Å². The second kappa shape index (κ2) is 31.2. The van der Waals surface area contributed by atoms with Crippen LogP contribution in [0.5, 0.6) is 0 Å². The number of aliphatic carboxylic acids is 1. The number of hydrogen-bond donors (Lipinski definition) is 1. The number of carboxylic acids is 1. The molecule has 0 aliphatic rings. The molecule has 0 saturated heterocycles. The predicted octanol–water partition coefficient (Wildman–Crippen LogP) is 11.5. The fraction of sp³-hybridized carbons (Fsp3) is 0.886. The zero-order chi connectivity index (χ0) is 28.7. The lowest BCUT2D eigenvalue weighted by molar-refractivity contribution is -0.150. The first-order valence-electron chi connectivity index (χ1n) is 17.2. The van der Waals surface area contributed by atoms with Gasteiger partial charge in [0.1, 0.15) is 6.10 Å². The van der Waals surface area contributed by atoms with Gasteiger partial charge in [0.2, 0.25) is 0 Å². The van der Waals surface area contributed by atoms with Gasteiger partial charge in [0.25, 0.3) is 0 Å². The predicted molar refractivity (Wildman–Crippen MR) is 167 cm³/mol. The van der Waals surface area contributed by atoms with E-state index in [9.17, 15) is 9.59 Å². The summed E-state index contributed by atoms with van der Waals surface area (Å²) >= 11 is 0. The van der Waals surface area contributed by atoms with Crippen molar-refractivity contribution in [1.29, 1.82) is 0 Å². The smallest absolute Gasteiger partial charge is 0.306 e. The van der Waals surface area contributed by atoms with Crippen molar-refractivity contribution in [2.75, 3.05) is 0 Å². The van der Waals surface area contributed by atoms with E-state index in [2.05, 4.69) is 26.0 Å². The van der Waals surface area contributed by atoms with E-state index in [0.717, 1.165) is 25.7 Å². The van der Waals surface area contributed by atoms with E-state index in [-0.39, 0.29) is 18.5 Å². The number of esters is 1. The molecule has 0 aliphatic carbocycles. The number of rotatable bonds is 31. The Labute approximate surface area is 243 Å². The zero-order valence-corrected chi connectivity index (χ0v) is 26.2. The van der Waals surface area contributed by atoms with E-state index in [0.29, 0.717) is 19.3 Å². The molecule has 230 valence electrons. The molecule has 0 aromatic heterocycles. The first kappa shape index (κ1) is 37.7. The van der Waals surface area contributed by atoms with Gasteiger partial charge in [0.05, 0.1) is 0 Å². The average molecular weight is 551 g/mol. The Morgan fingerprint density at radius 2 is 0.949 bits per heavy atom. The number of unbranched alkanes of at least 4 members (excludes halogenated alkanes) is 20. The van der Waals surface area contributed by atoms with Crippen molar-refractivity contribution in [2.24, 2.45) is 0 Å². The summed E-state index contributed by atoms with van der Waals surface area (Å²) in [6, 6.07) is 0. The SMILES string of the molecule is CCCCCC/C=C\CCCCCCCCC(=O)OC(CCCCCCCCCCCCC)CCCC(=O)O. The molecule has 0 radical (unpaired) electrons. The van der Waals surface area contributed by atoms with Gasteiger partial charge in [0.15, 0.2) is 0 Å². The second-order valence-electron chi connectivity index (χ2n) is 11.7. The molecular formula is C35H66O4. The molecule has 0 saturated carbocycles. The van der Waals surface area contributed by atoms with Crippen LogP contribution in [0.15, 0.2) is 12.2 Å². The quantitative estimate of drug-likeness (QED) is 0.0529. The Morgan fingerprint density at radius 1 is 0.538 bits per heavy atom. The van der Waals surface area contributed by atoms with E-state index in [1.165, 1.54) is 128 Å². The van der Waals surface area contributed by atoms with Crippen LogP contribution in [0.25, 0.3) is 0 Å². The van der Waals surface area contributed by atoms with E-state index in [4.69, 9.17) is 9.84 Å². The minimum Gasteiger partial charge on any atom is -0.481 e. The normalized spacial score (nSPS) is 12.3. The van der Waals surface area contributed by atoms with Gasteiger partial charge in [-0.1, -0.05) is 135 Å². The van der Waals surface area contributed by atoms with Crippen molar-refractivity contribution in [3.63, 3.8) is 0 Å². The monoisotopic (exact) mass is 550 g/mol. The Kier molecular flexibility index (Phi) is 30.2. The molecule has 4 nitrogen and oxygen atoms in total. The van der Waals surface area contributed by atoms with Gasteiger partial charge in [-0.05, 0) is 57.8 Å². The molecule has 0 rings (SSSR count). The molecule has 0 spiro atoms. The molecule has 0 bridgehead atoms. The molecule has 0 heterocycles. The number of carboxylic acid groups (broad SMARTS) is 1. The Hall–Kier alpha value is -1.32. The van der Waals surface area contributed by atoms with Crippen molar-refractivity contribution < 1.29 is 19.4 Å².